The SMILES string of the molecule is COc1ccccc1C(CNC(=O)c1cccc([N+](=O)[O-])c1)N(C)C. The van der Waals surface area contributed by atoms with E-state index in [2.05, 4.69) is 5.32 Å². The number of non-ortho nitro benzene ring substituents is 1. The quantitative estimate of drug-likeness (QED) is 0.617. The first-order valence-electron chi connectivity index (χ1n) is 7.76. The molecule has 0 aromatic heterocycles. The van der Waals surface area contributed by atoms with Crippen molar-refractivity contribution < 1.29 is 14.5 Å². The molecule has 0 saturated heterocycles. The van der Waals surface area contributed by atoms with Crippen molar-refractivity contribution in [1.29, 1.82) is 0 Å². The third-order valence-electron chi connectivity index (χ3n) is 3.90. The van der Waals surface area contributed by atoms with E-state index in [1.54, 1.807) is 13.2 Å². The number of nitrogens with one attached hydrogen (secondary N) is 1. The fraction of sp³-hybridized carbons (Fsp3) is 0.278. The standard InChI is InChI=1S/C18H21N3O4/c1-20(2)16(15-9-4-5-10-17(15)25-3)12-19-18(22)13-7-6-8-14(11-13)21(23)24/h4-11,16H,12H2,1-3H3,(H,19,22). The van der Waals surface area contributed by atoms with Crippen molar-refractivity contribution >= 4 is 11.6 Å². The van der Waals surface area contributed by atoms with E-state index in [1.807, 2.05) is 43.3 Å². The largest absolute Gasteiger partial charge is 0.496 e. The van der Waals surface area contributed by atoms with E-state index in [-0.39, 0.29) is 23.2 Å². The molecule has 0 saturated carbocycles. The Labute approximate surface area is 146 Å². The molecule has 1 amide bonds. The molecule has 0 heterocycles. The summed E-state index contributed by atoms with van der Waals surface area (Å²) in [6, 6.07) is 13.2. The van der Waals surface area contributed by atoms with Crippen LogP contribution < -0.4 is 10.1 Å². The summed E-state index contributed by atoms with van der Waals surface area (Å²) in [6.45, 7) is 0.342. The van der Waals surface area contributed by atoms with Gasteiger partial charge in [-0.25, -0.2) is 0 Å². The number of carbonyl (C=O) groups is 1. The Bertz CT molecular complexity index is 761. The van der Waals surface area contributed by atoms with Gasteiger partial charge in [-0.05, 0) is 26.2 Å². The van der Waals surface area contributed by atoms with Crippen molar-refractivity contribution in [3.05, 3.63) is 69.8 Å². The third kappa shape index (κ3) is 4.54. The van der Waals surface area contributed by atoms with Gasteiger partial charge in [-0.15, -0.1) is 0 Å². The average Bonchev–Trinajstić information content (AvgIpc) is 2.61. The lowest BCUT2D eigenvalue weighted by Gasteiger charge is -2.26. The zero-order valence-corrected chi connectivity index (χ0v) is 14.4. The highest BCUT2D eigenvalue weighted by molar-refractivity contribution is 5.94. The Morgan fingerprint density at radius 1 is 1.24 bits per heavy atom. The molecule has 7 heteroatoms. The predicted molar refractivity (Wildman–Crippen MR) is 94.9 cm³/mol. The van der Waals surface area contributed by atoms with E-state index < -0.39 is 4.92 Å². The Balaban J connectivity index is 2.15. The Morgan fingerprint density at radius 3 is 2.60 bits per heavy atom. The molecule has 2 aromatic carbocycles. The topological polar surface area (TPSA) is 84.7 Å². The number of likely N-dealkylation sites (N-methyl/N-ethyl adjacent to an activating group) is 1. The fourth-order valence-corrected chi connectivity index (χ4v) is 2.56. The van der Waals surface area contributed by atoms with E-state index in [4.69, 9.17) is 4.74 Å². The number of para-hydroxylation sites is 1. The van der Waals surface area contributed by atoms with Crippen LogP contribution in [0.2, 0.25) is 0 Å². The van der Waals surface area contributed by atoms with Crippen LogP contribution in [0, 0.1) is 10.1 Å². The molecule has 0 fully saturated rings. The molecule has 2 aromatic rings. The molecule has 25 heavy (non-hydrogen) atoms. The van der Waals surface area contributed by atoms with Gasteiger partial charge in [0.1, 0.15) is 5.75 Å². The van der Waals surface area contributed by atoms with Gasteiger partial charge in [0.25, 0.3) is 11.6 Å². The first-order valence-corrected chi connectivity index (χ1v) is 7.76. The highest BCUT2D eigenvalue weighted by Crippen LogP contribution is 2.27. The van der Waals surface area contributed by atoms with E-state index in [1.165, 1.54) is 18.2 Å². The van der Waals surface area contributed by atoms with Crippen LogP contribution in [0.1, 0.15) is 22.0 Å². The van der Waals surface area contributed by atoms with Crippen molar-refractivity contribution in [2.24, 2.45) is 0 Å². The summed E-state index contributed by atoms with van der Waals surface area (Å²) in [4.78, 5) is 24.6. The van der Waals surface area contributed by atoms with Gasteiger partial charge in [-0.2, -0.15) is 0 Å². The second-order valence-electron chi connectivity index (χ2n) is 5.74. The Hall–Kier alpha value is -2.93. The van der Waals surface area contributed by atoms with Gasteiger partial charge in [0.2, 0.25) is 0 Å². The van der Waals surface area contributed by atoms with Crippen molar-refractivity contribution in [3.8, 4) is 5.75 Å². The molecule has 1 atom stereocenters. The molecule has 1 N–H and O–H groups in total. The number of methoxy groups -OCH3 is 1. The minimum absolute atomic E-state index is 0.0983. The molecule has 0 aliphatic rings. The smallest absolute Gasteiger partial charge is 0.270 e. The molecule has 0 aliphatic carbocycles. The van der Waals surface area contributed by atoms with Crippen molar-refractivity contribution in [3.63, 3.8) is 0 Å². The number of nitrogens with zero attached hydrogens (tertiary/aromatic N) is 2. The number of hydrogen-bond donors (Lipinski definition) is 1. The number of hydrogen-bond acceptors (Lipinski definition) is 5. The summed E-state index contributed by atoms with van der Waals surface area (Å²) >= 11 is 0. The maximum Gasteiger partial charge on any atom is 0.270 e. The summed E-state index contributed by atoms with van der Waals surface area (Å²) in [5, 5.41) is 13.7. The van der Waals surface area contributed by atoms with Crippen molar-refractivity contribution in [1.82, 2.24) is 10.2 Å². The first-order chi connectivity index (χ1) is 11.9. The second-order valence-corrected chi connectivity index (χ2v) is 5.74. The maximum absolute atomic E-state index is 12.3. The molecule has 7 nitrogen and oxygen atoms in total. The lowest BCUT2D eigenvalue weighted by Crippen LogP contribution is -2.34. The van der Waals surface area contributed by atoms with Crippen molar-refractivity contribution in [2.75, 3.05) is 27.7 Å². The maximum atomic E-state index is 12.3. The van der Waals surface area contributed by atoms with Gasteiger partial charge in [-0.1, -0.05) is 24.3 Å². The summed E-state index contributed by atoms with van der Waals surface area (Å²) in [6.07, 6.45) is 0. The summed E-state index contributed by atoms with van der Waals surface area (Å²) in [7, 11) is 5.43. The van der Waals surface area contributed by atoms with Crippen LogP contribution in [0.4, 0.5) is 5.69 Å². The van der Waals surface area contributed by atoms with Crippen LogP contribution in [0.5, 0.6) is 5.75 Å². The predicted octanol–water partition coefficient (Wildman–Crippen LogP) is 2.64. The number of carbonyl (C=O) groups excluding carboxylic acids is 1. The third-order valence-corrected chi connectivity index (χ3v) is 3.90. The zero-order valence-electron chi connectivity index (χ0n) is 14.4. The number of nitro groups is 1. The van der Waals surface area contributed by atoms with Crippen LogP contribution >= 0.6 is 0 Å². The molecule has 0 aliphatic heterocycles. The van der Waals surface area contributed by atoms with Gasteiger partial charge in [-0.3, -0.25) is 14.9 Å². The minimum atomic E-state index is -0.520. The molecule has 0 bridgehead atoms. The average molecular weight is 343 g/mol. The molecular formula is C18H21N3O4. The van der Waals surface area contributed by atoms with Gasteiger partial charge in [0.15, 0.2) is 0 Å². The van der Waals surface area contributed by atoms with Gasteiger partial charge >= 0.3 is 0 Å². The van der Waals surface area contributed by atoms with Crippen LogP contribution in [0.3, 0.4) is 0 Å². The molecule has 1 unspecified atom stereocenters. The number of benzene rings is 2. The monoisotopic (exact) mass is 343 g/mol. The number of rotatable bonds is 7. The Kier molecular flexibility index (Phi) is 6.08. The van der Waals surface area contributed by atoms with Gasteiger partial charge in [0.05, 0.1) is 18.1 Å². The minimum Gasteiger partial charge on any atom is -0.496 e. The van der Waals surface area contributed by atoms with Crippen LogP contribution in [-0.2, 0) is 0 Å². The van der Waals surface area contributed by atoms with Crippen LogP contribution in [0.15, 0.2) is 48.5 Å². The molecular weight excluding hydrogens is 322 g/mol. The van der Waals surface area contributed by atoms with Crippen molar-refractivity contribution in [2.45, 2.75) is 6.04 Å². The lowest BCUT2D eigenvalue weighted by molar-refractivity contribution is -0.384. The summed E-state index contributed by atoms with van der Waals surface area (Å²) in [5.41, 5.74) is 1.10. The first kappa shape index (κ1) is 18.4. The molecule has 132 valence electrons. The van der Waals surface area contributed by atoms with Gasteiger partial charge in [0, 0.05) is 29.8 Å². The zero-order chi connectivity index (χ0) is 18.4. The molecule has 0 spiro atoms. The van der Waals surface area contributed by atoms with E-state index in [0.29, 0.717) is 6.54 Å². The van der Waals surface area contributed by atoms with E-state index in [0.717, 1.165) is 11.3 Å². The number of nitro benzene ring substituents is 1. The second kappa shape index (κ2) is 8.25. The fourth-order valence-electron chi connectivity index (χ4n) is 2.56. The number of ether oxygens (including phenoxy) is 1. The van der Waals surface area contributed by atoms with Gasteiger partial charge < -0.3 is 15.0 Å². The van der Waals surface area contributed by atoms with E-state index >= 15 is 0 Å². The molecule has 0 radical (unpaired) electrons. The van der Waals surface area contributed by atoms with Crippen LogP contribution in [-0.4, -0.2) is 43.5 Å². The lowest BCUT2D eigenvalue weighted by atomic mass is 10.0. The summed E-state index contributed by atoms with van der Waals surface area (Å²) in [5.74, 6) is 0.385. The van der Waals surface area contributed by atoms with Crippen LogP contribution in [0.25, 0.3) is 0 Å². The Morgan fingerprint density at radius 2 is 1.96 bits per heavy atom. The van der Waals surface area contributed by atoms with E-state index in [9.17, 15) is 14.9 Å². The number of amides is 1. The highest BCUT2D eigenvalue weighted by Gasteiger charge is 2.20. The summed E-state index contributed by atoms with van der Waals surface area (Å²) < 4.78 is 5.40. The normalized spacial score (nSPS) is 11.8. The highest BCUT2D eigenvalue weighted by atomic mass is 16.6. The molecule has 2 rings (SSSR count).